The molecule has 3 aromatic rings. The van der Waals surface area contributed by atoms with Crippen LogP contribution >= 0.6 is 0 Å². The van der Waals surface area contributed by atoms with Gasteiger partial charge < -0.3 is 14.8 Å². The highest BCUT2D eigenvalue weighted by Crippen LogP contribution is 2.24. The van der Waals surface area contributed by atoms with Gasteiger partial charge in [0.15, 0.2) is 0 Å². The van der Waals surface area contributed by atoms with Gasteiger partial charge in [0, 0.05) is 23.2 Å². The zero-order valence-electron chi connectivity index (χ0n) is 13.2. The molecule has 0 atom stereocenters. The van der Waals surface area contributed by atoms with Crippen molar-refractivity contribution in [1.29, 1.82) is 0 Å². The van der Waals surface area contributed by atoms with E-state index in [-0.39, 0.29) is 19.1 Å². The first kappa shape index (κ1) is 15.9. The summed E-state index contributed by atoms with van der Waals surface area (Å²) < 4.78 is 5.72. The van der Waals surface area contributed by atoms with Gasteiger partial charge in [0.05, 0.1) is 6.61 Å². The molecule has 0 fully saturated rings. The average molecular weight is 323 g/mol. The van der Waals surface area contributed by atoms with E-state index in [1.54, 1.807) is 24.3 Å². The van der Waals surface area contributed by atoms with Crippen LogP contribution in [0.15, 0.2) is 52.9 Å². The number of nitrogens with zero attached hydrogens (tertiary/aromatic N) is 2. The van der Waals surface area contributed by atoms with Crippen molar-refractivity contribution in [1.82, 2.24) is 15.5 Å². The van der Waals surface area contributed by atoms with Gasteiger partial charge in [-0.15, -0.1) is 10.2 Å². The fourth-order valence-corrected chi connectivity index (χ4v) is 2.27. The quantitative estimate of drug-likeness (QED) is 0.753. The molecular formula is C18H17N3O3. The lowest BCUT2D eigenvalue weighted by Gasteiger charge is -2.03. The molecule has 0 unspecified atom stereocenters. The van der Waals surface area contributed by atoms with Crippen molar-refractivity contribution in [3.05, 3.63) is 59.7 Å². The van der Waals surface area contributed by atoms with Gasteiger partial charge in [0.1, 0.15) is 0 Å². The monoisotopic (exact) mass is 323 g/mol. The Labute approximate surface area is 139 Å². The molecule has 1 amide bonds. The highest BCUT2D eigenvalue weighted by Gasteiger charge is 2.11. The molecule has 6 nitrogen and oxygen atoms in total. The topological polar surface area (TPSA) is 88.2 Å². The number of aliphatic hydroxyl groups excluding tert-OH is 1. The molecule has 0 saturated carbocycles. The van der Waals surface area contributed by atoms with Crippen LogP contribution in [0.25, 0.3) is 22.9 Å². The molecule has 24 heavy (non-hydrogen) atoms. The standard InChI is InChI=1S/C18H17N3O3/c1-12-3-2-4-15(11-12)18-21-20-17(24-18)14-7-5-13(6-8-14)16(23)19-9-10-22/h2-8,11,22H,9-10H2,1H3,(H,19,23). The summed E-state index contributed by atoms with van der Waals surface area (Å²) in [5.41, 5.74) is 3.23. The zero-order valence-corrected chi connectivity index (χ0v) is 13.2. The minimum atomic E-state index is -0.235. The van der Waals surface area contributed by atoms with Crippen molar-refractivity contribution in [3.8, 4) is 22.9 Å². The summed E-state index contributed by atoms with van der Waals surface area (Å²) in [4.78, 5) is 11.8. The number of aromatic nitrogens is 2. The van der Waals surface area contributed by atoms with Crippen LogP contribution in [0.2, 0.25) is 0 Å². The van der Waals surface area contributed by atoms with Gasteiger partial charge in [-0.05, 0) is 43.3 Å². The molecule has 0 saturated heterocycles. The van der Waals surface area contributed by atoms with Gasteiger partial charge in [-0.2, -0.15) is 0 Å². The molecule has 0 radical (unpaired) electrons. The first-order chi connectivity index (χ1) is 11.7. The minimum absolute atomic E-state index is 0.0897. The maximum absolute atomic E-state index is 11.8. The molecule has 0 aliphatic heterocycles. The highest BCUT2D eigenvalue weighted by atomic mass is 16.4. The molecule has 0 spiro atoms. The molecule has 3 rings (SSSR count). The molecule has 2 N–H and O–H groups in total. The lowest BCUT2D eigenvalue weighted by molar-refractivity contribution is 0.0945. The van der Waals surface area contributed by atoms with Crippen molar-refractivity contribution in [3.63, 3.8) is 0 Å². The van der Waals surface area contributed by atoms with Crippen molar-refractivity contribution in [2.24, 2.45) is 0 Å². The van der Waals surface area contributed by atoms with Crippen LogP contribution < -0.4 is 5.32 Å². The van der Waals surface area contributed by atoms with Crippen molar-refractivity contribution in [2.45, 2.75) is 6.92 Å². The Morgan fingerprint density at radius 3 is 2.46 bits per heavy atom. The summed E-state index contributed by atoms with van der Waals surface area (Å²) in [5, 5.41) is 19.5. The van der Waals surface area contributed by atoms with Crippen LogP contribution in [0.3, 0.4) is 0 Å². The van der Waals surface area contributed by atoms with Crippen LogP contribution in [0.1, 0.15) is 15.9 Å². The Morgan fingerprint density at radius 1 is 1.08 bits per heavy atom. The number of rotatable bonds is 5. The summed E-state index contributed by atoms with van der Waals surface area (Å²) in [6, 6.07) is 14.7. The number of aryl methyl sites for hydroxylation is 1. The predicted octanol–water partition coefficient (Wildman–Crippen LogP) is 2.43. The largest absolute Gasteiger partial charge is 0.416 e. The van der Waals surface area contributed by atoms with Gasteiger partial charge in [0.25, 0.3) is 5.91 Å². The number of benzene rings is 2. The Balaban J connectivity index is 1.79. The van der Waals surface area contributed by atoms with Crippen molar-refractivity contribution < 1.29 is 14.3 Å². The van der Waals surface area contributed by atoms with Crippen LogP contribution in [0.4, 0.5) is 0 Å². The van der Waals surface area contributed by atoms with E-state index in [2.05, 4.69) is 15.5 Å². The molecule has 0 bridgehead atoms. The van der Waals surface area contributed by atoms with Crippen LogP contribution in [0, 0.1) is 6.92 Å². The van der Waals surface area contributed by atoms with E-state index >= 15 is 0 Å². The Kier molecular flexibility index (Phi) is 4.67. The molecule has 1 heterocycles. The molecule has 122 valence electrons. The first-order valence-electron chi connectivity index (χ1n) is 7.57. The van der Waals surface area contributed by atoms with Gasteiger partial charge in [-0.1, -0.05) is 17.7 Å². The molecule has 0 aliphatic rings. The lowest BCUT2D eigenvalue weighted by atomic mass is 10.1. The van der Waals surface area contributed by atoms with E-state index in [9.17, 15) is 4.79 Å². The SMILES string of the molecule is Cc1cccc(-c2nnc(-c3ccc(C(=O)NCCO)cc3)o2)c1. The maximum Gasteiger partial charge on any atom is 0.251 e. The zero-order chi connectivity index (χ0) is 16.9. The smallest absolute Gasteiger partial charge is 0.251 e. The molecule has 0 aliphatic carbocycles. The van der Waals surface area contributed by atoms with Gasteiger partial charge in [-0.3, -0.25) is 4.79 Å². The Hall–Kier alpha value is -2.99. The molecular weight excluding hydrogens is 306 g/mol. The second kappa shape index (κ2) is 7.06. The Morgan fingerprint density at radius 2 is 1.79 bits per heavy atom. The van der Waals surface area contributed by atoms with Crippen molar-refractivity contribution >= 4 is 5.91 Å². The fraction of sp³-hybridized carbons (Fsp3) is 0.167. The molecule has 1 aromatic heterocycles. The maximum atomic E-state index is 11.8. The van der Waals surface area contributed by atoms with Crippen LogP contribution in [-0.4, -0.2) is 34.4 Å². The van der Waals surface area contributed by atoms with E-state index in [0.29, 0.717) is 17.3 Å². The second-order valence-corrected chi connectivity index (χ2v) is 5.34. The van der Waals surface area contributed by atoms with E-state index in [0.717, 1.165) is 16.7 Å². The molecule has 6 heteroatoms. The predicted molar refractivity (Wildman–Crippen MR) is 89.3 cm³/mol. The summed E-state index contributed by atoms with van der Waals surface area (Å²) in [7, 11) is 0. The van der Waals surface area contributed by atoms with E-state index in [1.807, 2.05) is 31.2 Å². The third-order valence-electron chi connectivity index (χ3n) is 3.48. The lowest BCUT2D eigenvalue weighted by Crippen LogP contribution is -2.26. The third kappa shape index (κ3) is 3.49. The number of nitrogens with one attached hydrogen (secondary N) is 1. The van der Waals surface area contributed by atoms with Gasteiger partial charge in [0.2, 0.25) is 11.8 Å². The molecule has 2 aromatic carbocycles. The average Bonchev–Trinajstić information content (AvgIpc) is 3.10. The van der Waals surface area contributed by atoms with Crippen molar-refractivity contribution in [2.75, 3.05) is 13.2 Å². The summed E-state index contributed by atoms with van der Waals surface area (Å²) in [6.07, 6.45) is 0. The number of carbonyl (C=O) groups is 1. The van der Waals surface area contributed by atoms with E-state index in [4.69, 9.17) is 9.52 Å². The number of amides is 1. The highest BCUT2D eigenvalue weighted by molar-refractivity contribution is 5.94. The van der Waals surface area contributed by atoms with Gasteiger partial charge in [-0.25, -0.2) is 0 Å². The Bertz CT molecular complexity index is 841. The van der Waals surface area contributed by atoms with Gasteiger partial charge >= 0.3 is 0 Å². The summed E-state index contributed by atoms with van der Waals surface area (Å²) in [6.45, 7) is 2.14. The minimum Gasteiger partial charge on any atom is -0.416 e. The number of carbonyl (C=O) groups excluding carboxylic acids is 1. The van der Waals surface area contributed by atoms with E-state index < -0.39 is 0 Å². The number of hydrogen-bond donors (Lipinski definition) is 2. The summed E-state index contributed by atoms with van der Waals surface area (Å²) >= 11 is 0. The fourth-order valence-electron chi connectivity index (χ4n) is 2.27. The number of aliphatic hydroxyl groups is 1. The second-order valence-electron chi connectivity index (χ2n) is 5.34. The normalized spacial score (nSPS) is 10.6. The third-order valence-corrected chi connectivity index (χ3v) is 3.48. The first-order valence-corrected chi connectivity index (χ1v) is 7.57. The summed E-state index contributed by atoms with van der Waals surface area (Å²) in [5.74, 6) is 0.619. The van der Waals surface area contributed by atoms with E-state index in [1.165, 1.54) is 0 Å². The number of hydrogen-bond acceptors (Lipinski definition) is 5. The van der Waals surface area contributed by atoms with Crippen LogP contribution in [-0.2, 0) is 0 Å². The van der Waals surface area contributed by atoms with Crippen LogP contribution in [0.5, 0.6) is 0 Å².